The van der Waals surface area contributed by atoms with E-state index < -0.39 is 28.5 Å². The largest absolute Gasteiger partial charge is 0.493 e. The summed E-state index contributed by atoms with van der Waals surface area (Å²) >= 11 is 0. The molecule has 0 saturated heterocycles. The summed E-state index contributed by atoms with van der Waals surface area (Å²) in [5, 5.41) is 2.86. The fourth-order valence-electron chi connectivity index (χ4n) is 4.30. The van der Waals surface area contributed by atoms with Crippen LogP contribution in [0.4, 0.5) is 5.69 Å². The van der Waals surface area contributed by atoms with Gasteiger partial charge in [-0.25, -0.2) is 8.42 Å². The van der Waals surface area contributed by atoms with E-state index in [4.69, 9.17) is 9.47 Å². The van der Waals surface area contributed by atoms with Gasteiger partial charge >= 0.3 is 0 Å². The van der Waals surface area contributed by atoms with Gasteiger partial charge in [0.1, 0.15) is 12.6 Å². The average molecular weight is 582 g/mol. The van der Waals surface area contributed by atoms with E-state index in [1.54, 1.807) is 31.2 Å². The van der Waals surface area contributed by atoms with Crippen LogP contribution in [-0.4, -0.2) is 58.0 Å². The predicted molar refractivity (Wildman–Crippen MR) is 160 cm³/mol. The van der Waals surface area contributed by atoms with Crippen LogP contribution in [0.15, 0.2) is 71.6 Å². The molecule has 0 bridgehead atoms. The Hall–Kier alpha value is -4.05. The van der Waals surface area contributed by atoms with Crippen LogP contribution in [0.2, 0.25) is 0 Å². The van der Waals surface area contributed by atoms with Crippen molar-refractivity contribution in [2.24, 2.45) is 0 Å². The van der Waals surface area contributed by atoms with E-state index in [0.29, 0.717) is 11.4 Å². The van der Waals surface area contributed by atoms with E-state index in [2.05, 4.69) is 5.32 Å². The zero-order chi connectivity index (χ0) is 30.3. The molecule has 0 fully saturated rings. The number of carbonyl (C=O) groups excluding carboxylic acids is 2. The molecule has 0 saturated carbocycles. The van der Waals surface area contributed by atoms with E-state index in [0.717, 1.165) is 21.0 Å². The van der Waals surface area contributed by atoms with Crippen LogP contribution < -0.4 is 19.1 Å². The number of hydrogen-bond donors (Lipinski definition) is 1. The minimum Gasteiger partial charge on any atom is -0.493 e. The second-order valence-electron chi connectivity index (χ2n) is 10.2. The first-order valence-electron chi connectivity index (χ1n) is 13.3. The monoisotopic (exact) mass is 581 g/mol. The molecule has 0 spiro atoms. The molecule has 0 aliphatic heterocycles. The van der Waals surface area contributed by atoms with Gasteiger partial charge in [-0.3, -0.25) is 13.9 Å². The van der Waals surface area contributed by atoms with Crippen LogP contribution >= 0.6 is 0 Å². The Balaban J connectivity index is 2.08. The molecule has 220 valence electrons. The maximum atomic E-state index is 14.1. The number of nitrogens with one attached hydrogen (secondary N) is 1. The molecule has 41 heavy (non-hydrogen) atoms. The summed E-state index contributed by atoms with van der Waals surface area (Å²) in [5.41, 5.74) is 3.06. The van der Waals surface area contributed by atoms with E-state index in [9.17, 15) is 18.0 Å². The van der Waals surface area contributed by atoms with Crippen LogP contribution in [0.3, 0.4) is 0 Å². The normalized spacial score (nSPS) is 12.0. The van der Waals surface area contributed by atoms with Crippen molar-refractivity contribution in [2.75, 3.05) is 25.1 Å². The lowest BCUT2D eigenvalue weighted by Crippen LogP contribution is -2.52. The van der Waals surface area contributed by atoms with Gasteiger partial charge < -0.3 is 19.7 Å². The van der Waals surface area contributed by atoms with Crippen molar-refractivity contribution in [3.8, 4) is 11.5 Å². The fourth-order valence-corrected chi connectivity index (χ4v) is 5.73. The highest BCUT2D eigenvalue weighted by Crippen LogP contribution is 2.32. The molecule has 2 amide bonds. The number of methoxy groups -OCH3 is 2. The second-order valence-corrected chi connectivity index (χ2v) is 12.0. The summed E-state index contributed by atoms with van der Waals surface area (Å²) in [6.45, 7) is 8.76. The maximum Gasteiger partial charge on any atom is 0.264 e. The van der Waals surface area contributed by atoms with Crippen LogP contribution in [0.1, 0.15) is 37.5 Å². The van der Waals surface area contributed by atoms with Gasteiger partial charge in [0.2, 0.25) is 11.8 Å². The first-order chi connectivity index (χ1) is 19.4. The number of rotatable bonds is 12. The number of sulfonamides is 1. The smallest absolute Gasteiger partial charge is 0.264 e. The number of aryl methyl sites for hydroxylation is 2. The lowest BCUT2D eigenvalue weighted by atomic mass is 10.1. The van der Waals surface area contributed by atoms with Crippen molar-refractivity contribution < 1.29 is 27.5 Å². The van der Waals surface area contributed by atoms with Gasteiger partial charge in [-0.15, -0.1) is 0 Å². The molecule has 1 N–H and O–H groups in total. The van der Waals surface area contributed by atoms with Crippen molar-refractivity contribution in [1.82, 2.24) is 10.2 Å². The highest BCUT2D eigenvalue weighted by molar-refractivity contribution is 7.92. The molecule has 3 rings (SSSR count). The molecular weight excluding hydrogens is 542 g/mol. The first-order valence-corrected chi connectivity index (χ1v) is 14.8. The number of carbonyl (C=O) groups is 2. The molecule has 0 aromatic heterocycles. The van der Waals surface area contributed by atoms with Crippen molar-refractivity contribution in [3.05, 3.63) is 83.4 Å². The Morgan fingerprint density at radius 2 is 1.51 bits per heavy atom. The highest BCUT2D eigenvalue weighted by atomic mass is 32.2. The molecule has 0 aliphatic rings. The molecule has 9 nitrogen and oxygen atoms in total. The number of amides is 2. The van der Waals surface area contributed by atoms with Crippen molar-refractivity contribution in [1.29, 1.82) is 0 Å². The molecule has 1 atom stereocenters. The minimum absolute atomic E-state index is 0.0698. The third kappa shape index (κ3) is 7.58. The van der Waals surface area contributed by atoms with E-state index in [1.807, 2.05) is 52.0 Å². The van der Waals surface area contributed by atoms with Gasteiger partial charge in [0, 0.05) is 18.7 Å². The summed E-state index contributed by atoms with van der Waals surface area (Å²) in [7, 11) is -1.37. The first kappa shape index (κ1) is 31.5. The van der Waals surface area contributed by atoms with Gasteiger partial charge in [-0.1, -0.05) is 42.0 Å². The third-order valence-electron chi connectivity index (χ3n) is 6.74. The Bertz CT molecular complexity index is 1470. The van der Waals surface area contributed by atoms with Gasteiger partial charge in [-0.2, -0.15) is 0 Å². The van der Waals surface area contributed by atoms with Crippen molar-refractivity contribution in [3.63, 3.8) is 0 Å². The zero-order valence-corrected chi connectivity index (χ0v) is 25.5. The lowest BCUT2D eigenvalue weighted by Gasteiger charge is -2.32. The Morgan fingerprint density at radius 1 is 0.878 bits per heavy atom. The highest BCUT2D eigenvalue weighted by Gasteiger charge is 2.33. The molecule has 0 radical (unpaired) electrons. The van der Waals surface area contributed by atoms with Crippen LogP contribution in [0, 0.1) is 13.8 Å². The number of ether oxygens (including phenoxy) is 2. The quantitative estimate of drug-likeness (QED) is 0.339. The summed E-state index contributed by atoms with van der Waals surface area (Å²) in [6.07, 6.45) is 0. The summed E-state index contributed by atoms with van der Waals surface area (Å²) in [4.78, 5) is 28.4. The summed E-state index contributed by atoms with van der Waals surface area (Å²) in [5.74, 6) is -0.237. The molecule has 0 heterocycles. The summed E-state index contributed by atoms with van der Waals surface area (Å²) < 4.78 is 39.8. The predicted octanol–water partition coefficient (Wildman–Crippen LogP) is 4.46. The molecule has 3 aromatic carbocycles. The van der Waals surface area contributed by atoms with E-state index in [1.165, 1.54) is 37.3 Å². The third-order valence-corrected chi connectivity index (χ3v) is 8.51. The minimum atomic E-state index is -4.25. The molecule has 10 heteroatoms. The standard InChI is InChI=1S/C31H39N3O6S/c1-21(2)32-31(36)24(5)33(19-25-11-9-8-10-23(25)4)30(35)20-34(26-14-12-22(3)13-15-26)41(37,38)27-16-17-28(39-6)29(18-27)40-7/h8-18,21,24H,19-20H2,1-7H3,(H,32,36). The lowest BCUT2D eigenvalue weighted by molar-refractivity contribution is -0.139. The van der Waals surface area contributed by atoms with Crippen LogP contribution in [0.5, 0.6) is 11.5 Å². The van der Waals surface area contributed by atoms with E-state index in [-0.39, 0.29) is 29.1 Å². The maximum absolute atomic E-state index is 14.1. The number of hydrogen-bond acceptors (Lipinski definition) is 6. The SMILES string of the molecule is COc1ccc(S(=O)(=O)N(CC(=O)N(Cc2ccccc2C)C(C)C(=O)NC(C)C)c2ccc(C)cc2)cc1OC. The fraction of sp³-hybridized carbons (Fsp3) is 0.355. The second kappa shape index (κ2) is 13.5. The molecule has 3 aromatic rings. The van der Waals surface area contributed by atoms with Gasteiger partial charge in [0.25, 0.3) is 10.0 Å². The number of nitrogens with zero attached hydrogens (tertiary/aromatic N) is 2. The Kier molecular flexibility index (Phi) is 10.4. The van der Waals surface area contributed by atoms with Gasteiger partial charge in [0.05, 0.1) is 24.8 Å². The molecule has 1 unspecified atom stereocenters. The molecular formula is C31H39N3O6S. The van der Waals surface area contributed by atoms with Gasteiger partial charge in [0.15, 0.2) is 11.5 Å². The van der Waals surface area contributed by atoms with Gasteiger partial charge in [-0.05, 0) is 70.0 Å². The summed E-state index contributed by atoms with van der Waals surface area (Å²) in [6, 6.07) is 17.7. The molecule has 0 aliphatic carbocycles. The average Bonchev–Trinajstić information content (AvgIpc) is 2.94. The Labute approximate surface area is 243 Å². The van der Waals surface area contributed by atoms with Crippen LogP contribution in [-0.2, 0) is 26.2 Å². The zero-order valence-electron chi connectivity index (χ0n) is 24.7. The van der Waals surface area contributed by atoms with Crippen LogP contribution in [0.25, 0.3) is 0 Å². The van der Waals surface area contributed by atoms with E-state index >= 15 is 0 Å². The van der Waals surface area contributed by atoms with Crippen molar-refractivity contribution >= 4 is 27.5 Å². The number of benzene rings is 3. The number of anilines is 1. The topological polar surface area (TPSA) is 105 Å². The Morgan fingerprint density at radius 3 is 2.10 bits per heavy atom. The van der Waals surface area contributed by atoms with Crippen molar-refractivity contribution in [2.45, 2.75) is 58.1 Å².